The predicted octanol–water partition coefficient (Wildman–Crippen LogP) is 3.47. The van der Waals surface area contributed by atoms with Gasteiger partial charge in [0.2, 0.25) is 0 Å². The molecule has 1 fully saturated rings. The van der Waals surface area contributed by atoms with E-state index in [1.54, 1.807) is 24.3 Å². The molecule has 0 radical (unpaired) electrons. The molecule has 1 aliphatic rings. The molecule has 0 unspecified atom stereocenters. The molecule has 144 valence electrons. The van der Waals surface area contributed by atoms with Gasteiger partial charge in [0.25, 0.3) is 15.9 Å². The summed E-state index contributed by atoms with van der Waals surface area (Å²) in [6, 6.07) is 12.1. The summed E-state index contributed by atoms with van der Waals surface area (Å²) in [4.78, 5) is 12.0. The van der Waals surface area contributed by atoms with Crippen LogP contribution in [0.25, 0.3) is 0 Å². The molecule has 0 atom stereocenters. The fourth-order valence-corrected chi connectivity index (χ4v) is 3.91. The smallest absolute Gasteiger partial charge is 0.289 e. The van der Waals surface area contributed by atoms with E-state index in [9.17, 15) is 18.4 Å². The molecule has 0 aromatic heterocycles. The summed E-state index contributed by atoms with van der Waals surface area (Å²) in [5.74, 6) is -0.547. The second-order valence-electron chi connectivity index (χ2n) is 6.00. The Kier molecular flexibility index (Phi) is 6.01. The lowest BCUT2D eigenvalue weighted by Gasteiger charge is -2.24. The van der Waals surface area contributed by atoms with E-state index < -0.39 is 21.8 Å². The first-order valence-electron chi connectivity index (χ1n) is 8.27. The number of benzene rings is 2. The van der Waals surface area contributed by atoms with Gasteiger partial charge in [-0.2, -0.15) is 8.42 Å². The molecule has 27 heavy (non-hydrogen) atoms. The zero-order valence-corrected chi connectivity index (χ0v) is 15.8. The minimum Gasteiger partial charge on any atom is -0.457 e. The summed E-state index contributed by atoms with van der Waals surface area (Å²) in [6.45, 7) is 0.722. The van der Waals surface area contributed by atoms with Crippen molar-refractivity contribution in [3.05, 3.63) is 53.6 Å². The molecular weight excluding hydrogens is 394 g/mol. The van der Waals surface area contributed by atoms with Crippen molar-refractivity contribution in [2.45, 2.75) is 17.7 Å². The Morgan fingerprint density at radius 3 is 2.41 bits per heavy atom. The van der Waals surface area contributed by atoms with E-state index in [4.69, 9.17) is 21.1 Å². The SMILES string of the molecule is O=C(C1CCOCC1)N(O)S(=O)(=O)c1ccc(Oc2cccc(Cl)c2)cc1. The molecular formula is C18H18ClNO6S. The van der Waals surface area contributed by atoms with Crippen LogP contribution in [0.4, 0.5) is 0 Å². The third kappa shape index (κ3) is 4.59. The molecule has 0 saturated carbocycles. The molecule has 2 aromatic carbocycles. The van der Waals surface area contributed by atoms with E-state index in [-0.39, 0.29) is 9.36 Å². The molecule has 0 aliphatic carbocycles. The Hall–Kier alpha value is -2.13. The van der Waals surface area contributed by atoms with Gasteiger partial charge in [0, 0.05) is 24.2 Å². The van der Waals surface area contributed by atoms with Crippen molar-refractivity contribution >= 4 is 27.5 Å². The number of carbonyl (C=O) groups is 1. The second-order valence-corrected chi connectivity index (χ2v) is 8.21. The quantitative estimate of drug-likeness (QED) is 0.598. The average Bonchev–Trinajstić information content (AvgIpc) is 2.68. The van der Waals surface area contributed by atoms with Crippen LogP contribution in [-0.2, 0) is 19.6 Å². The maximum Gasteiger partial charge on any atom is 0.289 e. The van der Waals surface area contributed by atoms with Gasteiger partial charge in [-0.1, -0.05) is 17.7 Å². The normalized spacial score (nSPS) is 15.3. The number of amides is 1. The number of ether oxygens (including phenoxy) is 2. The molecule has 1 saturated heterocycles. The maximum absolute atomic E-state index is 12.5. The van der Waals surface area contributed by atoms with Crippen LogP contribution in [0.3, 0.4) is 0 Å². The van der Waals surface area contributed by atoms with Crippen molar-refractivity contribution in [3.63, 3.8) is 0 Å². The van der Waals surface area contributed by atoms with Crippen LogP contribution in [0.1, 0.15) is 12.8 Å². The summed E-state index contributed by atoms with van der Waals surface area (Å²) >= 11 is 5.89. The van der Waals surface area contributed by atoms with Gasteiger partial charge in [0.05, 0.1) is 4.90 Å². The highest BCUT2D eigenvalue weighted by atomic mass is 35.5. The Balaban J connectivity index is 1.73. The fourth-order valence-electron chi connectivity index (χ4n) is 2.67. The van der Waals surface area contributed by atoms with Crippen LogP contribution in [0.5, 0.6) is 11.5 Å². The first-order chi connectivity index (χ1) is 12.9. The monoisotopic (exact) mass is 411 g/mol. The Morgan fingerprint density at radius 2 is 1.78 bits per heavy atom. The fraction of sp³-hybridized carbons (Fsp3) is 0.278. The highest BCUT2D eigenvalue weighted by Gasteiger charge is 2.34. The lowest BCUT2D eigenvalue weighted by molar-refractivity contribution is -0.153. The van der Waals surface area contributed by atoms with E-state index in [0.29, 0.717) is 42.6 Å². The molecule has 1 amide bonds. The van der Waals surface area contributed by atoms with Crippen molar-refractivity contribution in [1.82, 2.24) is 4.47 Å². The van der Waals surface area contributed by atoms with E-state index in [2.05, 4.69) is 0 Å². The molecule has 9 heteroatoms. The molecule has 0 spiro atoms. The number of hydroxylamine groups is 1. The lowest BCUT2D eigenvalue weighted by Crippen LogP contribution is -2.40. The average molecular weight is 412 g/mol. The molecule has 1 N–H and O–H groups in total. The van der Waals surface area contributed by atoms with E-state index in [1.165, 1.54) is 24.3 Å². The summed E-state index contributed by atoms with van der Waals surface area (Å²) in [6.07, 6.45) is 0.746. The zero-order valence-electron chi connectivity index (χ0n) is 14.2. The van der Waals surface area contributed by atoms with Crippen LogP contribution in [0.2, 0.25) is 5.02 Å². The molecule has 7 nitrogen and oxygen atoms in total. The van der Waals surface area contributed by atoms with E-state index in [0.717, 1.165) is 0 Å². The van der Waals surface area contributed by atoms with Crippen molar-refractivity contribution in [3.8, 4) is 11.5 Å². The van der Waals surface area contributed by atoms with Crippen LogP contribution in [0, 0.1) is 5.92 Å². The molecule has 0 bridgehead atoms. The van der Waals surface area contributed by atoms with Gasteiger partial charge < -0.3 is 9.47 Å². The van der Waals surface area contributed by atoms with Crippen LogP contribution in [0.15, 0.2) is 53.4 Å². The third-order valence-electron chi connectivity index (χ3n) is 4.14. The second kappa shape index (κ2) is 8.26. The minimum absolute atomic E-state index is 0.171. The number of carbonyl (C=O) groups excluding carboxylic acids is 1. The van der Waals surface area contributed by atoms with Crippen molar-refractivity contribution < 1.29 is 27.9 Å². The van der Waals surface area contributed by atoms with Crippen molar-refractivity contribution in [2.75, 3.05) is 13.2 Å². The standard InChI is InChI=1S/C18H18ClNO6S/c19-14-2-1-3-16(12-14)26-15-4-6-17(7-5-15)27(23,24)20(22)18(21)13-8-10-25-11-9-13/h1-7,12-13,22H,8-11H2. The number of halogens is 1. The molecule has 1 aliphatic heterocycles. The molecule has 2 aromatic rings. The predicted molar refractivity (Wildman–Crippen MR) is 97.3 cm³/mol. The van der Waals surface area contributed by atoms with Gasteiger partial charge in [-0.3, -0.25) is 10.0 Å². The number of hydrogen-bond acceptors (Lipinski definition) is 6. The molecule has 1 heterocycles. The number of rotatable bonds is 5. The summed E-state index contributed by atoms with van der Waals surface area (Å²) in [5.41, 5.74) is 0. The van der Waals surface area contributed by atoms with Crippen molar-refractivity contribution in [2.24, 2.45) is 5.92 Å². The Bertz CT molecular complexity index is 910. The summed E-state index contributed by atoms with van der Waals surface area (Å²) < 4.78 is 35.6. The Morgan fingerprint density at radius 1 is 1.11 bits per heavy atom. The van der Waals surface area contributed by atoms with Gasteiger partial charge >= 0.3 is 0 Å². The summed E-state index contributed by atoms with van der Waals surface area (Å²) in [5, 5.41) is 10.5. The highest BCUT2D eigenvalue weighted by Crippen LogP contribution is 2.27. The minimum atomic E-state index is -4.36. The first kappa shape index (κ1) is 19.6. The van der Waals surface area contributed by atoms with E-state index >= 15 is 0 Å². The lowest BCUT2D eigenvalue weighted by atomic mass is 10.00. The first-order valence-corrected chi connectivity index (χ1v) is 10.1. The van der Waals surface area contributed by atoms with Crippen molar-refractivity contribution in [1.29, 1.82) is 0 Å². The summed E-state index contributed by atoms with van der Waals surface area (Å²) in [7, 11) is -4.36. The topological polar surface area (TPSA) is 93.1 Å². The van der Waals surface area contributed by atoms with Crippen LogP contribution < -0.4 is 4.74 Å². The zero-order chi connectivity index (χ0) is 19.4. The van der Waals surface area contributed by atoms with Gasteiger partial charge in [-0.25, -0.2) is 0 Å². The van der Waals surface area contributed by atoms with E-state index in [1.807, 2.05) is 0 Å². The van der Waals surface area contributed by atoms with Gasteiger partial charge in [0.1, 0.15) is 11.5 Å². The third-order valence-corrected chi connectivity index (χ3v) is 5.88. The largest absolute Gasteiger partial charge is 0.457 e. The number of nitrogens with zero attached hydrogens (tertiary/aromatic N) is 1. The van der Waals surface area contributed by atoms with Crippen LogP contribution >= 0.6 is 11.6 Å². The highest BCUT2D eigenvalue weighted by molar-refractivity contribution is 7.89. The van der Waals surface area contributed by atoms with Gasteiger partial charge in [-0.05, 0) is 55.3 Å². The van der Waals surface area contributed by atoms with Gasteiger partial charge in [-0.15, -0.1) is 4.47 Å². The van der Waals surface area contributed by atoms with Crippen LogP contribution in [-0.4, -0.2) is 37.2 Å². The molecule has 3 rings (SSSR count). The maximum atomic E-state index is 12.5. The van der Waals surface area contributed by atoms with Gasteiger partial charge in [0.15, 0.2) is 0 Å². The Labute approximate surface area is 162 Å². The number of sulfonamides is 1. The number of hydrogen-bond donors (Lipinski definition) is 1.